The van der Waals surface area contributed by atoms with Gasteiger partial charge in [0.2, 0.25) is 11.8 Å². The van der Waals surface area contributed by atoms with E-state index < -0.39 is 13.0 Å². The lowest BCUT2D eigenvalue weighted by atomic mass is 9.57. The monoisotopic (exact) mass is 550 g/mol. The van der Waals surface area contributed by atoms with E-state index in [4.69, 9.17) is 4.65 Å². The van der Waals surface area contributed by atoms with E-state index in [0.29, 0.717) is 25.6 Å². The van der Waals surface area contributed by atoms with Crippen LogP contribution in [-0.2, 0) is 14.2 Å². The second-order valence-corrected chi connectivity index (χ2v) is 11.8. The summed E-state index contributed by atoms with van der Waals surface area (Å²) in [6.45, 7) is 4.25. The van der Waals surface area contributed by atoms with Gasteiger partial charge in [-0.2, -0.15) is 0 Å². The van der Waals surface area contributed by atoms with Crippen LogP contribution in [0.15, 0.2) is 71.9 Å². The lowest BCUT2D eigenvalue weighted by Gasteiger charge is -2.44. The standard InChI is InChI=1S/C33H35BN2O5/c1-19(2)24-17-25-31(33(39)36(3)32(25)38)26-18-34(40)41-29(30(24)26)14-12-21(27-10-6-7-15-35-27)16-20-11-13-28(37)23-9-5-4-8-22(20)23/h4-11,13,15-16,19,25-26,29,31,37,40H,12,14,17-18H2,1-3H3/b21-16-/t25-,26+,29-,31-/m1/s1. The Labute approximate surface area is 240 Å². The van der Waals surface area contributed by atoms with Crippen molar-refractivity contribution in [2.45, 2.75) is 45.5 Å². The van der Waals surface area contributed by atoms with Gasteiger partial charge in [-0.1, -0.05) is 55.8 Å². The number of fused-ring (bicyclic) bond motifs is 4. The van der Waals surface area contributed by atoms with Gasteiger partial charge in [0.1, 0.15) is 5.75 Å². The van der Waals surface area contributed by atoms with E-state index in [1.165, 1.54) is 10.5 Å². The lowest BCUT2D eigenvalue weighted by molar-refractivity contribution is -0.138. The molecule has 2 N–H and O–H groups in total. The summed E-state index contributed by atoms with van der Waals surface area (Å²) in [6, 6.07) is 17.2. The fourth-order valence-corrected chi connectivity index (χ4v) is 7.14. The molecule has 6 rings (SSSR count). The highest BCUT2D eigenvalue weighted by atomic mass is 16.5. The van der Waals surface area contributed by atoms with Crippen LogP contribution in [0, 0.1) is 23.7 Å². The van der Waals surface area contributed by atoms with Gasteiger partial charge in [0.15, 0.2) is 0 Å². The molecule has 3 aliphatic rings. The first kappa shape index (κ1) is 27.4. The number of aromatic nitrogens is 1. The molecule has 0 radical (unpaired) electrons. The van der Waals surface area contributed by atoms with Crippen LogP contribution in [-0.4, -0.2) is 52.1 Å². The fourth-order valence-electron chi connectivity index (χ4n) is 7.14. The summed E-state index contributed by atoms with van der Waals surface area (Å²) in [6.07, 6.45) is 5.59. The number of likely N-dealkylation sites (tertiary alicyclic amines) is 1. The van der Waals surface area contributed by atoms with Crippen LogP contribution in [0.3, 0.4) is 0 Å². The average Bonchev–Trinajstić information content (AvgIpc) is 3.19. The zero-order valence-electron chi connectivity index (χ0n) is 23.7. The molecule has 2 fully saturated rings. The number of carbonyl (C=O) groups is 2. The molecule has 2 amide bonds. The van der Waals surface area contributed by atoms with Crippen LogP contribution in [0.4, 0.5) is 0 Å². The average molecular weight is 550 g/mol. The zero-order valence-corrected chi connectivity index (χ0v) is 23.7. The molecule has 2 saturated heterocycles. The maximum atomic E-state index is 13.2. The topological polar surface area (TPSA) is 100.0 Å². The highest BCUT2D eigenvalue weighted by Gasteiger charge is 2.56. The van der Waals surface area contributed by atoms with Gasteiger partial charge in [-0.3, -0.25) is 19.5 Å². The van der Waals surface area contributed by atoms with E-state index >= 15 is 0 Å². The number of benzene rings is 2. The molecule has 0 spiro atoms. The van der Waals surface area contributed by atoms with E-state index in [0.717, 1.165) is 33.2 Å². The quantitative estimate of drug-likeness (QED) is 0.244. The molecule has 8 heteroatoms. The third-order valence-electron chi connectivity index (χ3n) is 9.10. The highest BCUT2D eigenvalue weighted by molar-refractivity contribution is 6.43. The third-order valence-corrected chi connectivity index (χ3v) is 9.10. The molecule has 0 unspecified atom stereocenters. The predicted octanol–water partition coefficient (Wildman–Crippen LogP) is 5.34. The Bertz CT molecular complexity index is 1570. The van der Waals surface area contributed by atoms with E-state index in [1.54, 1.807) is 19.3 Å². The molecule has 210 valence electrons. The first-order valence-corrected chi connectivity index (χ1v) is 14.4. The summed E-state index contributed by atoms with van der Waals surface area (Å²) in [5.41, 5.74) is 5.10. The normalized spacial score (nSPS) is 24.9. The summed E-state index contributed by atoms with van der Waals surface area (Å²) in [5, 5.41) is 23.0. The van der Waals surface area contributed by atoms with Crippen molar-refractivity contribution < 1.29 is 24.4 Å². The number of pyridine rings is 1. The van der Waals surface area contributed by atoms with Crippen molar-refractivity contribution in [3.05, 3.63) is 83.2 Å². The van der Waals surface area contributed by atoms with Gasteiger partial charge in [-0.15, -0.1) is 0 Å². The molecule has 7 nitrogen and oxygen atoms in total. The number of carbonyl (C=O) groups excluding carboxylic acids is 2. The van der Waals surface area contributed by atoms with Crippen molar-refractivity contribution in [3.8, 4) is 5.75 Å². The summed E-state index contributed by atoms with van der Waals surface area (Å²) in [4.78, 5) is 32.1. The Balaban J connectivity index is 1.38. The smallest absolute Gasteiger partial charge is 0.455 e. The molecule has 41 heavy (non-hydrogen) atoms. The minimum Gasteiger partial charge on any atom is -0.507 e. The summed E-state index contributed by atoms with van der Waals surface area (Å²) < 4.78 is 6.20. The number of phenolic OH excluding ortho intramolecular Hbond substituents is 1. The van der Waals surface area contributed by atoms with E-state index in [9.17, 15) is 19.7 Å². The minimum absolute atomic E-state index is 0.115. The maximum Gasteiger partial charge on any atom is 0.455 e. The van der Waals surface area contributed by atoms with Crippen molar-refractivity contribution in [2.75, 3.05) is 7.05 Å². The summed E-state index contributed by atoms with van der Waals surface area (Å²) >= 11 is 0. The first-order chi connectivity index (χ1) is 19.7. The van der Waals surface area contributed by atoms with Crippen LogP contribution in [0.1, 0.15) is 44.4 Å². The molecule has 3 aromatic rings. The zero-order chi connectivity index (χ0) is 28.8. The van der Waals surface area contributed by atoms with Gasteiger partial charge in [-0.25, -0.2) is 0 Å². The van der Waals surface area contributed by atoms with Crippen molar-refractivity contribution in [2.24, 2.45) is 23.7 Å². The molecule has 2 aromatic carbocycles. The van der Waals surface area contributed by atoms with E-state index in [-0.39, 0.29) is 41.4 Å². The Morgan fingerprint density at radius 1 is 1.07 bits per heavy atom. The number of nitrogens with zero attached hydrogens (tertiary/aromatic N) is 2. The number of amides is 2. The van der Waals surface area contributed by atoms with Gasteiger partial charge in [0.25, 0.3) is 0 Å². The van der Waals surface area contributed by atoms with E-state index in [2.05, 4.69) is 24.9 Å². The van der Waals surface area contributed by atoms with Gasteiger partial charge in [0, 0.05) is 18.6 Å². The Kier molecular flexibility index (Phi) is 7.30. The van der Waals surface area contributed by atoms with Gasteiger partial charge in [-0.05, 0) is 83.8 Å². The second kappa shape index (κ2) is 10.9. The first-order valence-electron chi connectivity index (χ1n) is 14.4. The van der Waals surface area contributed by atoms with Crippen molar-refractivity contribution in [3.63, 3.8) is 0 Å². The van der Waals surface area contributed by atoms with Gasteiger partial charge >= 0.3 is 7.12 Å². The molecular weight excluding hydrogens is 515 g/mol. The van der Waals surface area contributed by atoms with Crippen LogP contribution in [0.2, 0.25) is 6.32 Å². The van der Waals surface area contributed by atoms with Crippen molar-refractivity contribution >= 4 is 41.4 Å². The number of hydrogen-bond donors (Lipinski definition) is 2. The van der Waals surface area contributed by atoms with E-state index in [1.807, 2.05) is 48.5 Å². The number of aromatic hydroxyl groups is 1. The van der Waals surface area contributed by atoms with Crippen LogP contribution in [0.5, 0.6) is 5.75 Å². The Hall–Kier alpha value is -3.75. The maximum absolute atomic E-state index is 13.2. The van der Waals surface area contributed by atoms with Crippen LogP contribution < -0.4 is 0 Å². The Morgan fingerprint density at radius 3 is 2.56 bits per heavy atom. The number of allylic oxidation sites excluding steroid dienone is 2. The van der Waals surface area contributed by atoms with Crippen LogP contribution in [0.25, 0.3) is 22.4 Å². The fraction of sp³-hybridized carbons (Fsp3) is 0.364. The van der Waals surface area contributed by atoms with Crippen molar-refractivity contribution in [1.82, 2.24) is 9.88 Å². The lowest BCUT2D eigenvalue weighted by Crippen LogP contribution is -2.46. The molecule has 0 saturated carbocycles. The molecule has 1 aliphatic carbocycles. The van der Waals surface area contributed by atoms with Gasteiger partial charge in [0.05, 0.1) is 23.6 Å². The molecule has 4 atom stereocenters. The number of hydrogen-bond acceptors (Lipinski definition) is 6. The number of imide groups is 1. The molecule has 1 aromatic heterocycles. The second-order valence-electron chi connectivity index (χ2n) is 11.8. The number of phenols is 1. The number of rotatable bonds is 6. The third kappa shape index (κ3) is 4.89. The minimum atomic E-state index is -1.00. The summed E-state index contributed by atoms with van der Waals surface area (Å²) in [7, 11) is 0.570. The molecule has 3 heterocycles. The predicted molar refractivity (Wildman–Crippen MR) is 159 cm³/mol. The molecule has 2 aliphatic heterocycles. The van der Waals surface area contributed by atoms with Crippen LogP contribution >= 0.6 is 0 Å². The molecular formula is C33H35BN2O5. The van der Waals surface area contributed by atoms with Gasteiger partial charge < -0.3 is 14.8 Å². The molecule has 0 bridgehead atoms. The Morgan fingerprint density at radius 2 is 1.83 bits per heavy atom. The highest BCUT2D eigenvalue weighted by Crippen LogP contribution is 2.51. The largest absolute Gasteiger partial charge is 0.507 e. The summed E-state index contributed by atoms with van der Waals surface area (Å²) in [5.74, 6) is -0.858. The SMILES string of the molecule is CC(C)C1=C2[C@@H](CC/C(=C/c3ccc(O)c4ccccc34)c3ccccn3)OB(O)C[C@@H]2[C@@H]2C(=O)N(C)C(=O)[C@@H]2C1. The van der Waals surface area contributed by atoms with Crippen molar-refractivity contribution in [1.29, 1.82) is 0 Å².